The van der Waals surface area contributed by atoms with E-state index in [4.69, 9.17) is 5.73 Å². The first-order valence-electron chi connectivity index (χ1n) is 7.53. The monoisotopic (exact) mass is 346 g/mol. The maximum absolute atomic E-state index is 12.2. The second kappa shape index (κ2) is 8.26. The van der Waals surface area contributed by atoms with Gasteiger partial charge < -0.3 is 15.5 Å². The summed E-state index contributed by atoms with van der Waals surface area (Å²) in [5, 5.41) is 0. The van der Waals surface area contributed by atoms with Gasteiger partial charge in [-0.1, -0.05) is 0 Å². The van der Waals surface area contributed by atoms with Gasteiger partial charge in [0.2, 0.25) is 23.6 Å². The summed E-state index contributed by atoms with van der Waals surface area (Å²) in [6, 6.07) is -0.181. The van der Waals surface area contributed by atoms with Crippen LogP contribution in [0.2, 0.25) is 0 Å². The van der Waals surface area contributed by atoms with Gasteiger partial charge in [-0.15, -0.1) is 12.4 Å². The number of carbonyl (C=O) groups is 4. The summed E-state index contributed by atoms with van der Waals surface area (Å²) in [5.74, 6) is -0.830. The Morgan fingerprint density at radius 1 is 1.00 bits per heavy atom. The number of hydrogen-bond acceptors (Lipinski definition) is 5. The average molecular weight is 347 g/mol. The van der Waals surface area contributed by atoms with Crippen LogP contribution in [-0.2, 0) is 19.2 Å². The molecule has 2 rings (SSSR count). The fourth-order valence-electron chi connectivity index (χ4n) is 2.64. The number of likely N-dealkylation sites (tertiary alicyclic amines) is 1. The van der Waals surface area contributed by atoms with E-state index in [1.807, 2.05) is 0 Å². The molecular weight excluding hydrogens is 324 g/mol. The van der Waals surface area contributed by atoms with E-state index in [0.29, 0.717) is 32.6 Å². The molecule has 9 heteroatoms. The third-order valence-corrected chi connectivity index (χ3v) is 3.93. The van der Waals surface area contributed by atoms with Gasteiger partial charge in [0.05, 0.1) is 0 Å². The van der Waals surface area contributed by atoms with Gasteiger partial charge >= 0.3 is 0 Å². The van der Waals surface area contributed by atoms with Crippen molar-refractivity contribution < 1.29 is 19.2 Å². The third kappa shape index (κ3) is 4.90. The van der Waals surface area contributed by atoms with Crippen molar-refractivity contribution in [2.45, 2.75) is 32.2 Å². The molecule has 2 saturated heterocycles. The predicted octanol–water partition coefficient (Wildman–Crippen LogP) is -1.03. The maximum Gasteiger partial charge on any atom is 0.242 e. The third-order valence-electron chi connectivity index (χ3n) is 3.93. The van der Waals surface area contributed by atoms with E-state index in [-0.39, 0.29) is 61.5 Å². The summed E-state index contributed by atoms with van der Waals surface area (Å²) >= 11 is 0. The van der Waals surface area contributed by atoms with Crippen LogP contribution in [0.25, 0.3) is 0 Å². The van der Waals surface area contributed by atoms with Crippen molar-refractivity contribution in [3.05, 3.63) is 0 Å². The molecule has 0 saturated carbocycles. The number of imide groups is 1. The zero-order chi connectivity index (χ0) is 16.3. The Hall–Kier alpha value is -1.67. The zero-order valence-corrected chi connectivity index (χ0v) is 14.0. The molecule has 2 heterocycles. The molecule has 0 aromatic heterocycles. The molecular formula is C14H23ClN4O4. The fourth-order valence-corrected chi connectivity index (χ4v) is 2.64. The molecule has 0 aliphatic carbocycles. The number of piperazine rings is 1. The lowest BCUT2D eigenvalue weighted by Crippen LogP contribution is -2.53. The van der Waals surface area contributed by atoms with Crippen molar-refractivity contribution in [2.24, 2.45) is 5.73 Å². The van der Waals surface area contributed by atoms with Gasteiger partial charge in [-0.05, 0) is 6.92 Å². The largest absolute Gasteiger partial charge is 0.339 e. The Morgan fingerprint density at radius 2 is 1.43 bits per heavy atom. The molecule has 0 spiro atoms. The van der Waals surface area contributed by atoms with Crippen LogP contribution in [0.3, 0.4) is 0 Å². The summed E-state index contributed by atoms with van der Waals surface area (Å²) < 4.78 is 0. The molecule has 8 nitrogen and oxygen atoms in total. The molecule has 0 aromatic carbocycles. The van der Waals surface area contributed by atoms with Crippen LogP contribution >= 0.6 is 12.4 Å². The molecule has 23 heavy (non-hydrogen) atoms. The van der Waals surface area contributed by atoms with Gasteiger partial charge in [0.15, 0.2) is 0 Å². The van der Waals surface area contributed by atoms with Crippen LogP contribution in [0.4, 0.5) is 0 Å². The van der Waals surface area contributed by atoms with Crippen molar-refractivity contribution >= 4 is 36.0 Å². The summed E-state index contributed by atoms with van der Waals surface area (Å²) in [7, 11) is 0. The van der Waals surface area contributed by atoms with Crippen molar-refractivity contribution in [3.8, 4) is 0 Å². The lowest BCUT2D eigenvalue weighted by Gasteiger charge is -2.35. The highest BCUT2D eigenvalue weighted by Gasteiger charge is 2.32. The van der Waals surface area contributed by atoms with Gasteiger partial charge in [0.1, 0.15) is 6.54 Å². The summed E-state index contributed by atoms with van der Waals surface area (Å²) in [6.45, 7) is 3.34. The van der Waals surface area contributed by atoms with Crippen LogP contribution in [0.15, 0.2) is 0 Å². The normalized spacial score (nSPS) is 19.7. The van der Waals surface area contributed by atoms with Crippen LogP contribution in [-0.4, -0.2) is 77.1 Å². The number of halogens is 1. The van der Waals surface area contributed by atoms with Gasteiger partial charge in [0.25, 0.3) is 0 Å². The molecule has 1 atom stereocenters. The number of rotatable bonds is 4. The summed E-state index contributed by atoms with van der Waals surface area (Å²) in [4.78, 5) is 51.4. The first kappa shape index (κ1) is 19.4. The van der Waals surface area contributed by atoms with Gasteiger partial charge in [0, 0.05) is 51.5 Å². The maximum atomic E-state index is 12.2. The highest BCUT2D eigenvalue weighted by atomic mass is 35.5. The standard InChI is InChI=1S/C14H22N4O4.ClH/c1-10(15)8-13(21)16-4-6-17(7-5-16)14(22)9-18-11(19)2-3-12(18)20;/h10H,2-9,15H2,1H3;1H. The molecule has 1 unspecified atom stereocenters. The predicted molar refractivity (Wildman–Crippen MR) is 84.6 cm³/mol. The quantitative estimate of drug-likeness (QED) is 0.655. The Kier molecular flexibility index (Phi) is 6.96. The van der Waals surface area contributed by atoms with Gasteiger partial charge in [-0.25, -0.2) is 0 Å². The molecule has 4 amide bonds. The van der Waals surface area contributed by atoms with E-state index in [1.165, 1.54) is 0 Å². The van der Waals surface area contributed by atoms with Crippen molar-refractivity contribution in [3.63, 3.8) is 0 Å². The first-order valence-corrected chi connectivity index (χ1v) is 7.53. The Morgan fingerprint density at radius 3 is 1.87 bits per heavy atom. The smallest absolute Gasteiger partial charge is 0.242 e. The van der Waals surface area contributed by atoms with Crippen LogP contribution in [0.5, 0.6) is 0 Å². The Labute approximate surface area is 141 Å². The fraction of sp³-hybridized carbons (Fsp3) is 0.714. The van der Waals surface area contributed by atoms with Crippen molar-refractivity contribution in [1.29, 1.82) is 0 Å². The average Bonchev–Trinajstić information content (AvgIpc) is 2.78. The number of amides is 4. The molecule has 0 aromatic rings. The van der Waals surface area contributed by atoms with E-state index in [0.717, 1.165) is 4.90 Å². The van der Waals surface area contributed by atoms with Crippen molar-refractivity contribution in [1.82, 2.24) is 14.7 Å². The van der Waals surface area contributed by atoms with Crippen LogP contribution in [0.1, 0.15) is 26.2 Å². The number of nitrogens with two attached hydrogens (primary N) is 1. The molecule has 2 fully saturated rings. The highest BCUT2D eigenvalue weighted by molar-refractivity contribution is 6.04. The SMILES string of the molecule is CC(N)CC(=O)N1CCN(C(=O)CN2C(=O)CCC2=O)CC1.Cl. The highest BCUT2D eigenvalue weighted by Crippen LogP contribution is 2.12. The second-order valence-electron chi connectivity index (χ2n) is 5.82. The summed E-state index contributed by atoms with van der Waals surface area (Å²) in [5.41, 5.74) is 5.61. The topological polar surface area (TPSA) is 104 Å². The molecule has 2 aliphatic heterocycles. The van der Waals surface area contributed by atoms with Crippen LogP contribution < -0.4 is 5.73 Å². The molecule has 0 bridgehead atoms. The van der Waals surface area contributed by atoms with Gasteiger partial charge in [-0.3, -0.25) is 24.1 Å². The Balaban J connectivity index is 0.00000264. The lowest BCUT2D eigenvalue weighted by molar-refractivity contribution is -0.147. The Bertz CT molecular complexity index is 473. The molecule has 2 N–H and O–H groups in total. The molecule has 130 valence electrons. The minimum absolute atomic E-state index is 0. The molecule has 0 radical (unpaired) electrons. The lowest BCUT2D eigenvalue weighted by atomic mass is 10.2. The van der Waals surface area contributed by atoms with E-state index in [1.54, 1.807) is 16.7 Å². The van der Waals surface area contributed by atoms with E-state index < -0.39 is 0 Å². The van der Waals surface area contributed by atoms with E-state index >= 15 is 0 Å². The zero-order valence-electron chi connectivity index (χ0n) is 13.2. The second-order valence-corrected chi connectivity index (χ2v) is 5.82. The van der Waals surface area contributed by atoms with Gasteiger partial charge in [-0.2, -0.15) is 0 Å². The van der Waals surface area contributed by atoms with Crippen LogP contribution in [0, 0.1) is 0 Å². The minimum Gasteiger partial charge on any atom is -0.339 e. The van der Waals surface area contributed by atoms with Crippen molar-refractivity contribution in [2.75, 3.05) is 32.7 Å². The number of nitrogens with zero attached hydrogens (tertiary/aromatic N) is 3. The van der Waals surface area contributed by atoms with E-state index in [9.17, 15) is 19.2 Å². The minimum atomic E-state index is -0.288. The molecule has 2 aliphatic rings. The van der Waals surface area contributed by atoms with E-state index in [2.05, 4.69) is 0 Å². The number of carbonyl (C=O) groups excluding carboxylic acids is 4. The first-order chi connectivity index (χ1) is 10.4. The number of hydrogen-bond donors (Lipinski definition) is 1. The summed E-state index contributed by atoms with van der Waals surface area (Å²) in [6.07, 6.45) is 0.669.